The quantitative estimate of drug-likeness (QED) is 0.491. The van der Waals surface area contributed by atoms with Gasteiger partial charge in [-0.15, -0.1) is 0 Å². The molecular weight excluding hydrogens is 248 g/mol. The zero-order valence-electron chi connectivity index (χ0n) is 11.1. The molecule has 0 aliphatic carbocycles. The number of hydrogen-bond acceptors (Lipinski definition) is 2. The van der Waals surface area contributed by atoms with E-state index in [0.29, 0.717) is 5.89 Å². The summed E-state index contributed by atoms with van der Waals surface area (Å²) >= 11 is 0. The lowest BCUT2D eigenvalue weighted by Gasteiger charge is -1.95. The highest BCUT2D eigenvalue weighted by molar-refractivity contribution is 6.03. The molecule has 20 heavy (non-hydrogen) atoms. The van der Waals surface area contributed by atoms with Gasteiger partial charge in [0.25, 0.3) is 0 Å². The lowest BCUT2D eigenvalue weighted by atomic mass is 10.1. The second-order valence-electron chi connectivity index (χ2n) is 4.90. The molecule has 0 aliphatic heterocycles. The van der Waals surface area contributed by atoms with Crippen molar-refractivity contribution in [1.29, 1.82) is 0 Å². The Kier molecular flexibility index (Phi) is 2.33. The molecule has 2 aromatic heterocycles. The van der Waals surface area contributed by atoms with Gasteiger partial charge in [0.2, 0.25) is 5.89 Å². The SMILES string of the molecule is C[n+]1ccc(-c2nc3c(ccc4ccccc43)o2)cc1. The molecule has 0 aliphatic rings. The lowest BCUT2D eigenvalue weighted by molar-refractivity contribution is -0.671. The minimum Gasteiger partial charge on any atom is -0.436 e. The molecule has 0 bridgehead atoms. The fourth-order valence-electron chi connectivity index (χ4n) is 2.43. The first-order valence-corrected chi connectivity index (χ1v) is 6.55. The van der Waals surface area contributed by atoms with Crippen LogP contribution in [0.1, 0.15) is 0 Å². The Morgan fingerprint density at radius 3 is 2.60 bits per heavy atom. The van der Waals surface area contributed by atoms with E-state index in [2.05, 4.69) is 23.2 Å². The van der Waals surface area contributed by atoms with Gasteiger partial charge in [-0.3, -0.25) is 0 Å². The molecule has 0 unspecified atom stereocenters. The highest BCUT2D eigenvalue weighted by atomic mass is 16.3. The van der Waals surface area contributed by atoms with E-state index >= 15 is 0 Å². The number of fused-ring (bicyclic) bond motifs is 3. The summed E-state index contributed by atoms with van der Waals surface area (Å²) in [7, 11) is 1.99. The number of oxazole rings is 1. The van der Waals surface area contributed by atoms with Crippen LogP contribution < -0.4 is 4.57 Å². The van der Waals surface area contributed by atoms with Crippen molar-refractivity contribution in [1.82, 2.24) is 4.98 Å². The van der Waals surface area contributed by atoms with Crippen LogP contribution in [0.5, 0.6) is 0 Å². The molecule has 0 atom stereocenters. The fraction of sp³-hybridized carbons (Fsp3) is 0.0588. The van der Waals surface area contributed by atoms with Crippen molar-refractivity contribution in [2.24, 2.45) is 7.05 Å². The number of rotatable bonds is 1. The first-order valence-electron chi connectivity index (χ1n) is 6.55. The maximum absolute atomic E-state index is 5.88. The van der Waals surface area contributed by atoms with Crippen molar-refractivity contribution in [3.63, 3.8) is 0 Å². The molecule has 0 fully saturated rings. The van der Waals surface area contributed by atoms with E-state index in [0.717, 1.165) is 22.0 Å². The van der Waals surface area contributed by atoms with Crippen molar-refractivity contribution in [3.05, 3.63) is 60.9 Å². The highest BCUT2D eigenvalue weighted by Gasteiger charge is 2.11. The predicted molar refractivity (Wildman–Crippen MR) is 78.1 cm³/mol. The molecule has 0 N–H and O–H groups in total. The number of nitrogens with zero attached hydrogens (tertiary/aromatic N) is 2. The summed E-state index contributed by atoms with van der Waals surface area (Å²) in [6.45, 7) is 0. The van der Waals surface area contributed by atoms with Gasteiger partial charge in [0.1, 0.15) is 12.6 Å². The molecule has 2 heterocycles. The van der Waals surface area contributed by atoms with Crippen molar-refractivity contribution in [2.75, 3.05) is 0 Å². The van der Waals surface area contributed by atoms with E-state index in [-0.39, 0.29) is 0 Å². The number of pyridine rings is 1. The number of benzene rings is 2. The molecule has 3 nitrogen and oxygen atoms in total. The monoisotopic (exact) mass is 261 g/mol. The minimum atomic E-state index is 0.664. The zero-order valence-corrected chi connectivity index (χ0v) is 11.1. The molecule has 0 spiro atoms. The summed E-state index contributed by atoms with van der Waals surface area (Å²) < 4.78 is 7.87. The van der Waals surface area contributed by atoms with Gasteiger partial charge in [-0.25, -0.2) is 9.55 Å². The van der Waals surface area contributed by atoms with Crippen LogP contribution in [0.15, 0.2) is 65.3 Å². The van der Waals surface area contributed by atoms with Crippen LogP contribution in [0.2, 0.25) is 0 Å². The molecule has 0 amide bonds. The normalized spacial score (nSPS) is 11.2. The van der Waals surface area contributed by atoms with Crippen molar-refractivity contribution in [2.45, 2.75) is 0 Å². The Morgan fingerprint density at radius 1 is 0.950 bits per heavy atom. The van der Waals surface area contributed by atoms with Crippen LogP contribution in [0.3, 0.4) is 0 Å². The van der Waals surface area contributed by atoms with Crippen LogP contribution in [0.25, 0.3) is 33.3 Å². The molecular formula is C17H13N2O+. The zero-order chi connectivity index (χ0) is 13.5. The van der Waals surface area contributed by atoms with E-state index in [1.165, 1.54) is 5.39 Å². The van der Waals surface area contributed by atoms with Gasteiger partial charge < -0.3 is 4.42 Å². The van der Waals surface area contributed by atoms with Gasteiger partial charge in [-0.05, 0) is 11.5 Å². The van der Waals surface area contributed by atoms with Crippen LogP contribution in [-0.4, -0.2) is 4.98 Å². The topological polar surface area (TPSA) is 29.9 Å². The summed E-state index contributed by atoms with van der Waals surface area (Å²) in [6, 6.07) is 16.3. The average molecular weight is 261 g/mol. The fourth-order valence-corrected chi connectivity index (χ4v) is 2.43. The molecule has 2 aromatic carbocycles. The Morgan fingerprint density at radius 2 is 1.75 bits per heavy atom. The molecule has 0 radical (unpaired) electrons. The van der Waals surface area contributed by atoms with E-state index < -0.39 is 0 Å². The highest BCUT2D eigenvalue weighted by Crippen LogP contribution is 2.29. The van der Waals surface area contributed by atoms with Gasteiger partial charge >= 0.3 is 0 Å². The van der Waals surface area contributed by atoms with Crippen LogP contribution in [0, 0.1) is 0 Å². The Bertz CT molecular complexity index is 907. The summed E-state index contributed by atoms with van der Waals surface area (Å²) in [6.07, 6.45) is 3.98. The Hall–Kier alpha value is -2.68. The van der Waals surface area contributed by atoms with Gasteiger partial charge in [0.15, 0.2) is 18.0 Å². The van der Waals surface area contributed by atoms with Gasteiger partial charge in [-0.2, -0.15) is 0 Å². The molecule has 3 heteroatoms. The first kappa shape index (κ1) is 11.2. The first-order chi connectivity index (χ1) is 9.81. The summed E-state index contributed by atoms with van der Waals surface area (Å²) in [5.41, 5.74) is 2.74. The van der Waals surface area contributed by atoms with Crippen LogP contribution >= 0.6 is 0 Å². The second-order valence-corrected chi connectivity index (χ2v) is 4.90. The van der Waals surface area contributed by atoms with E-state index in [1.54, 1.807) is 0 Å². The van der Waals surface area contributed by atoms with Gasteiger partial charge in [0.05, 0.1) is 0 Å². The lowest BCUT2D eigenvalue weighted by Crippen LogP contribution is -2.25. The third-order valence-electron chi connectivity index (χ3n) is 3.51. The van der Waals surface area contributed by atoms with Crippen molar-refractivity contribution >= 4 is 21.9 Å². The molecule has 0 saturated carbocycles. The van der Waals surface area contributed by atoms with Crippen LogP contribution in [0.4, 0.5) is 0 Å². The second kappa shape index (κ2) is 4.17. The Labute approximate surface area is 116 Å². The summed E-state index contributed by atoms with van der Waals surface area (Å²) in [5, 5.41) is 2.31. The summed E-state index contributed by atoms with van der Waals surface area (Å²) in [5.74, 6) is 0.664. The number of hydrogen-bond donors (Lipinski definition) is 0. The van der Waals surface area contributed by atoms with E-state index in [1.807, 2.05) is 54.3 Å². The standard InChI is InChI=1S/C17H13N2O/c1-19-10-8-13(9-11-19)17-18-16-14-5-3-2-4-12(14)6-7-15(16)20-17/h2-11H,1H3/q+1. The molecule has 4 aromatic rings. The van der Waals surface area contributed by atoms with Crippen molar-refractivity contribution in [3.8, 4) is 11.5 Å². The van der Waals surface area contributed by atoms with Gasteiger partial charge in [-0.1, -0.05) is 30.3 Å². The molecule has 96 valence electrons. The van der Waals surface area contributed by atoms with Gasteiger partial charge in [0, 0.05) is 23.1 Å². The van der Waals surface area contributed by atoms with E-state index in [9.17, 15) is 0 Å². The van der Waals surface area contributed by atoms with E-state index in [4.69, 9.17) is 4.42 Å². The number of aryl methyl sites for hydroxylation is 1. The molecule has 4 rings (SSSR count). The van der Waals surface area contributed by atoms with Crippen molar-refractivity contribution < 1.29 is 8.98 Å². The Balaban J connectivity index is 1.98. The minimum absolute atomic E-state index is 0.664. The number of aromatic nitrogens is 2. The summed E-state index contributed by atoms with van der Waals surface area (Å²) in [4.78, 5) is 4.66. The third-order valence-corrected chi connectivity index (χ3v) is 3.51. The smallest absolute Gasteiger partial charge is 0.227 e. The molecule has 0 saturated heterocycles. The van der Waals surface area contributed by atoms with Crippen LogP contribution in [-0.2, 0) is 7.05 Å². The maximum atomic E-state index is 5.88. The average Bonchev–Trinajstić information content (AvgIpc) is 2.92. The maximum Gasteiger partial charge on any atom is 0.227 e. The third kappa shape index (κ3) is 1.67. The largest absolute Gasteiger partial charge is 0.436 e. The predicted octanol–water partition coefficient (Wildman–Crippen LogP) is 3.47.